The first-order chi connectivity index (χ1) is 6.69. The molecule has 1 aromatic rings. The van der Waals surface area contributed by atoms with Crippen molar-refractivity contribution in [2.24, 2.45) is 0 Å². The van der Waals surface area contributed by atoms with Crippen LogP contribution in [-0.4, -0.2) is 18.0 Å². The molecule has 3 heteroatoms. The molecule has 0 bridgehead atoms. The molecule has 0 heterocycles. The SMILES string of the molecule is CCN(CC)Cc1cccc(Cl)c1Br. The second-order valence-corrected chi connectivity index (χ2v) is 4.37. The second-order valence-electron chi connectivity index (χ2n) is 3.17. The van der Waals surface area contributed by atoms with Gasteiger partial charge in [-0.1, -0.05) is 37.6 Å². The Morgan fingerprint density at radius 3 is 2.50 bits per heavy atom. The van der Waals surface area contributed by atoms with Crippen LogP contribution in [0.5, 0.6) is 0 Å². The van der Waals surface area contributed by atoms with Crippen LogP contribution in [0, 0.1) is 0 Å². The Kier molecular flexibility index (Phi) is 4.93. The molecule has 14 heavy (non-hydrogen) atoms. The van der Waals surface area contributed by atoms with Gasteiger partial charge >= 0.3 is 0 Å². The van der Waals surface area contributed by atoms with Gasteiger partial charge in [-0.05, 0) is 40.6 Å². The Balaban J connectivity index is 2.80. The Hall–Kier alpha value is -0.0500. The highest BCUT2D eigenvalue weighted by molar-refractivity contribution is 9.10. The minimum atomic E-state index is 0.787. The molecule has 1 rings (SSSR count). The molecule has 0 spiro atoms. The van der Waals surface area contributed by atoms with Gasteiger partial charge in [-0.25, -0.2) is 0 Å². The Labute approximate surface area is 99.2 Å². The lowest BCUT2D eigenvalue weighted by Crippen LogP contribution is -2.22. The Morgan fingerprint density at radius 1 is 1.29 bits per heavy atom. The molecule has 78 valence electrons. The van der Waals surface area contributed by atoms with Gasteiger partial charge in [0.05, 0.1) is 5.02 Å². The van der Waals surface area contributed by atoms with E-state index in [1.807, 2.05) is 12.1 Å². The lowest BCUT2D eigenvalue weighted by molar-refractivity contribution is 0.295. The van der Waals surface area contributed by atoms with Crippen LogP contribution in [-0.2, 0) is 6.54 Å². The summed E-state index contributed by atoms with van der Waals surface area (Å²) >= 11 is 9.53. The fourth-order valence-electron chi connectivity index (χ4n) is 1.36. The van der Waals surface area contributed by atoms with Crippen LogP contribution in [0.3, 0.4) is 0 Å². The summed E-state index contributed by atoms with van der Waals surface area (Å²) in [6.45, 7) is 7.42. The number of hydrogen-bond acceptors (Lipinski definition) is 1. The van der Waals surface area contributed by atoms with E-state index in [1.165, 1.54) is 5.56 Å². The first-order valence-electron chi connectivity index (χ1n) is 4.84. The van der Waals surface area contributed by atoms with Gasteiger partial charge in [0.25, 0.3) is 0 Å². The predicted molar refractivity (Wildman–Crippen MR) is 65.8 cm³/mol. The molecule has 1 aromatic carbocycles. The average Bonchev–Trinajstić information content (AvgIpc) is 2.20. The lowest BCUT2D eigenvalue weighted by Gasteiger charge is -2.19. The van der Waals surface area contributed by atoms with Crippen LogP contribution in [0.4, 0.5) is 0 Å². The number of hydrogen-bond donors (Lipinski definition) is 0. The standard InChI is InChI=1S/C11H15BrClN/c1-3-14(4-2)8-9-6-5-7-10(13)11(9)12/h5-7H,3-4,8H2,1-2H3. The van der Waals surface area contributed by atoms with Crippen LogP contribution in [0.1, 0.15) is 19.4 Å². The lowest BCUT2D eigenvalue weighted by atomic mass is 10.2. The summed E-state index contributed by atoms with van der Waals surface area (Å²) in [6.07, 6.45) is 0. The van der Waals surface area contributed by atoms with E-state index in [0.29, 0.717) is 0 Å². The van der Waals surface area contributed by atoms with E-state index in [0.717, 1.165) is 29.1 Å². The number of nitrogens with zero attached hydrogens (tertiary/aromatic N) is 1. The molecule has 0 fully saturated rings. The fraction of sp³-hybridized carbons (Fsp3) is 0.455. The zero-order valence-corrected chi connectivity index (χ0v) is 10.9. The van der Waals surface area contributed by atoms with Gasteiger partial charge in [-0.2, -0.15) is 0 Å². The summed E-state index contributed by atoms with van der Waals surface area (Å²) in [4.78, 5) is 2.36. The Morgan fingerprint density at radius 2 is 1.93 bits per heavy atom. The van der Waals surface area contributed by atoms with E-state index < -0.39 is 0 Å². The van der Waals surface area contributed by atoms with E-state index in [-0.39, 0.29) is 0 Å². The first-order valence-corrected chi connectivity index (χ1v) is 6.01. The highest BCUT2D eigenvalue weighted by atomic mass is 79.9. The van der Waals surface area contributed by atoms with Gasteiger partial charge in [0, 0.05) is 11.0 Å². The minimum absolute atomic E-state index is 0.787. The van der Waals surface area contributed by atoms with Crippen molar-refractivity contribution in [3.8, 4) is 0 Å². The molecule has 0 N–H and O–H groups in total. The van der Waals surface area contributed by atoms with Crippen LogP contribution < -0.4 is 0 Å². The predicted octanol–water partition coefficient (Wildman–Crippen LogP) is 3.94. The van der Waals surface area contributed by atoms with Gasteiger partial charge in [-0.3, -0.25) is 4.90 Å². The molecule has 0 aliphatic carbocycles. The maximum Gasteiger partial charge on any atom is 0.0551 e. The Bertz CT molecular complexity index is 297. The van der Waals surface area contributed by atoms with E-state index in [4.69, 9.17) is 11.6 Å². The van der Waals surface area contributed by atoms with Crippen LogP contribution in [0.15, 0.2) is 22.7 Å². The number of halogens is 2. The molecular weight excluding hydrogens is 261 g/mol. The summed E-state index contributed by atoms with van der Waals surface area (Å²) in [5.74, 6) is 0. The van der Waals surface area contributed by atoms with Crippen molar-refractivity contribution >= 4 is 27.5 Å². The molecule has 0 saturated carbocycles. The first kappa shape index (κ1) is 12.0. The smallest absolute Gasteiger partial charge is 0.0551 e. The van der Waals surface area contributed by atoms with Crippen molar-refractivity contribution in [2.45, 2.75) is 20.4 Å². The highest BCUT2D eigenvalue weighted by Crippen LogP contribution is 2.26. The van der Waals surface area contributed by atoms with E-state index in [1.54, 1.807) is 0 Å². The fourth-order valence-corrected chi connectivity index (χ4v) is 1.94. The third-order valence-electron chi connectivity index (χ3n) is 2.32. The van der Waals surface area contributed by atoms with E-state index in [9.17, 15) is 0 Å². The maximum atomic E-state index is 6.02. The number of benzene rings is 1. The summed E-state index contributed by atoms with van der Waals surface area (Å²) in [5, 5.41) is 0.787. The van der Waals surface area contributed by atoms with Gasteiger partial charge < -0.3 is 0 Å². The van der Waals surface area contributed by atoms with Gasteiger partial charge in [-0.15, -0.1) is 0 Å². The van der Waals surface area contributed by atoms with Gasteiger partial charge in [0.15, 0.2) is 0 Å². The molecule has 1 nitrogen and oxygen atoms in total. The molecule has 0 radical (unpaired) electrons. The van der Waals surface area contributed by atoms with Gasteiger partial charge in [0.2, 0.25) is 0 Å². The zero-order chi connectivity index (χ0) is 10.6. The maximum absolute atomic E-state index is 6.02. The van der Waals surface area contributed by atoms with Crippen LogP contribution in [0.25, 0.3) is 0 Å². The van der Waals surface area contributed by atoms with Crippen LogP contribution >= 0.6 is 27.5 Å². The normalized spacial score (nSPS) is 10.9. The molecule has 0 saturated heterocycles. The minimum Gasteiger partial charge on any atom is -0.300 e. The summed E-state index contributed by atoms with van der Waals surface area (Å²) in [5.41, 5.74) is 1.25. The third kappa shape index (κ3) is 2.97. The monoisotopic (exact) mass is 275 g/mol. The second kappa shape index (κ2) is 5.74. The molecule has 0 atom stereocenters. The molecule has 0 amide bonds. The van der Waals surface area contributed by atoms with E-state index >= 15 is 0 Å². The van der Waals surface area contributed by atoms with Crippen molar-refractivity contribution in [1.82, 2.24) is 4.90 Å². The average molecular weight is 277 g/mol. The zero-order valence-electron chi connectivity index (χ0n) is 8.56. The number of rotatable bonds is 4. The van der Waals surface area contributed by atoms with Crippen molar-refractivity contribution in [1.29, 1.82) is 0 Å². The molecule has 0 aromatic heterocycles. The molecule has 0 aliphatic rings. The summed E-state index contributed by atoms with van der Waals surface area (Å²) in [7, 11) is 0. The van der Waals surface area contributed by atoms with Gasteiger partial charge in [0.1, 0.15) is 0 Å². The molecule has 0 unspecified atom stereocenters. The summed E-state index contributed by atoms with van der Waals surface area (Å²) < 4.78 is 1.02. The topological polar surface area (TPSA) is 3.24 Å². The van der Waals surface area contributed by atoms with Crippen molar-refractivity contribution < 1.29 is 0 Å². The van der Waals surface area contributed by atoms with Crippen molar-refractivity contribution in [3.05, 3.63) is 33.3 Å². The van der Waals surface area contributed by atoms with Crippen LogP contribution in [0.2, 0.25) is 5.02 Å². The molecular formula is C11H15BrClN. The van der Waals surface area contributed by atoms with Crippen molar-refractivity contribution in [2.75, 3.05) is 13.1 Å². The van der Waals surface area contributed by atoms with E-state index in [2.05, 4.69) is 40.7 Å². The van der Waals surface area contributed by atoms with Crippen molar-refractivity contribution in [3.63, 3.8) is 0 Å². The molecule has 0 aliphatic heterocycles. The quantitative estimate of drug-likeness (QED) is 0.805. The summed E-state index contributed by atoms with van der Waals surface area (Å²) in [6, 6.07) is 6.00. The third-order valence-corrected chi connectivity index (χ3v) is 3.80. The highest BCUT2D eigenvalue weighted by Gasteiger charge is 2.06. The largest absolute Gasteiger partial charge is 0.300 e.